The summed E-state index contributed by atoms with van der Waals surface area (Å²) in [4.78, 5) is 14.7. The Bertz CT molecular complexity index is 1110. The molecule has 0 saturated heterocycles. The highest BCUT2D eigenvalue weighted by Gasteiger charge is 2.30. The van der Waals surface area contributed by atoms with Crippen molar-refractivity contribution in [3.05, 3.63) is 65.1 Å². The van der Waals surface area contributed by atoms with Gasteiger partial charge in [0.2, 0.25) is 0 Å². The second kappa shape index (κ2) is 11.0. The van der Waals surface area contributed by atoms with Gasteiger partial charge < -0.3 is 14.6 Å². The van der Waals surface area contributed by atoms with Gasteiger partial charge in [-0.25, -0.2) is 9.67 Å². The van der Waals surface area contributed by atoms with Crippen molar-refractivity contribution in [1.29, 1.82) is 0 Å². The molecule has 2 heterocycles. The lowest BCUT2D eigenvalue weighted by Crippen LogP contribution is -2.07. The van der Waals surface area contributed by atoms with Gasteiger partial charge in [-0.05, 0) is 62.4 Å². The molecule has 0 aliphatic rings. The predicted octanol–water partition coefficient (Wildman–Crippen LogP) is 5.02. The van der Waals surface area contributed by atoms with Gasteiger partial charge in [0.05, 0.1) is 24.5 Å². The summed E-state index contributed by atoms with van der Waals surface area (Å²) in [6.07, 6.45) is -0.117. The minimum atomic E-state index is -4.43. The largest absolute Gasteiger partial charge is 0.493 e. The number of aryl methyl sites for hydroxylation is 3. The van der Waals surface area contributed by atoms with E-state index in [-0.39, 0.29) is 6.42 Å². The van der Waals surface area contributed by atoms with Crippen LogP contribution in [0.25, 0.3) is 5.82 Å². The van der Waals surface area contributed by atoms with E-state index in [0.29, 0.717) is 49.8 Å². The molecule has 0 fully saturated rings. The van der Waals surface area contributed by atoms with E-state index in [2.05, 4.69) is 10.1 Å². The molecule has 0 amide bonds. The number of ether oxygens (including phenoxy) is 2. The summed E-state index contributed by atoms with van der Waals surface area (Å²) in [5.74, 6) is 0.687. The summed E-state index contributed by atoms with van der Waals surface area (Å²) in [6.45, 7) is 4.59. The molecule has 10 heteroatoms. The van der Waals surface area contributed by atoms with E-state index in [0.717, 1.165) is 29.1 Å². The Balaban J connectivity index is 1.56. The molecule has 0 radical (unpaired) electrons. The van der Waals surface area contributed by atoms with Crippen LogP contribution in [-0.4, -0.2) is 39.1 Å². The summed E-state index contributed by atoms with van der Waals surface area (Å²) in [6, 6.07) is 7.64. The minimum absolute atomic E-state index is 0.0231. The van der Waals surface area contributed by atoms with E-state index in [1.54, 1.807) is 18.3 Å². The molecule has 0 saturated carbocycles. The first-order valence-corrected chi connectivity index (χ1v) is 10.9. The van der Waals surface area contributed by atoms with Crippen LogP contribution in [0, 0.1) is 6.92 Å². The Kier molecular flexibility index (Phi) is 8.14. The molecular formula is C24H26F3N3O4. The van der Waals surface area contributed by atoms with Crippen molar-refractivity contribution < 1.29 is 32.5 Å². The summed E-state index contributed by atoms with van der Waals surface area (Å²) in [5, 5.41) is 13.3. The molecule has 1 aromatic carbocycles. The fraction of sp³-hybridized carbons (Fsp3) is 0.375. The Morgan fingerprint density at radius 2 is 1.91 bits per heavy atom. The SMILES string of the molecule is CCOc1cc(OCCCc2cn(-c3ccc(C(F)(F)F)cn3)nc2C)ccc1CCC(=O)O. The van der Waals surface area contributed by atoms with Crippen LogP contribution in [-0.2, 0) is 23.8 Å². The molecule has 0 aliphatic heterocycles. The lowest BCUT2D eigenvalue weighted by atomic mass is 10.1. The Labute approximate surface area is 195 Å². The third-order valence-electron chi connectivity index (χ3n) is 5.12. The average molecular weight is 477 g/mol. The van der Waals surface area contributed by atoms with E-state index in [1.807, 2.05) is 19.9 Å². The zero-order chi connectivity index (χ0) is 24.7. The van der Waals surface area contributed by atoms with E-state index in [4.69, 9.17) is 14.6 Å². The molecule has 0 atom stereocenters. The standard InChI is InChI=1S/C24H26F3N3O4/c1-3-33-21-13-20(9-6-17(21)7-11-23(31)32)34-12-4-5-18-15-30(29-16(18)2)22-10-8-19(14-28-22)24(25,26)27/h6,8-10,13-15H,3-5,7,11-12H2,1-2H3,(H,31,32). The highest BCUT2D eigenvalue weighted by atomic mass is 19.4. The molecular weight excluding hydrogens is 451 g/mol. The van der Waals surface area contributed by atoms with Gasteiger partial charge in [-0.3, -0.25) is 4.79 Å². The number of carboxylic acids is 1. The molecule has 3 rings (SSSR count). The monoisotopic (exact) mass is 477 g/mol. The number of benzene rings is 1. The van der Waals surface area contributed by atoms with Crippen molar-refractivity contribution in [2.45, 2.75) is 45.7 Å². The van der Waals surface area contributed by atoms with Crippen LogP contribution in [0.5, 0.6) is 11.5 Å². The normalized spacial score (nSPS) is 11.4. The predicted molar refractivity (Wildman–Crippen MR) is 118 cm³/mol. The van der Waals surface area contributed by atoms with Crippen molar-refractivity contribution in [1.82, 2.24) is 14.8 Å². The molecule has 0 spiro atoms. The van der Waals surface area contributed by atoms with Gasteiger partial charge in [0, 0.05) is 24.9 Å². The maximum Gasteiger partial charge on any atom is 0.417 e. The number of aliphatic carboxylic acids is 1. The summed E-state index contributed by atoms with van der Waals surface area (Å²) in [7, 11) is 0. The topological polar surface area (TPSA) is 86.5 Å². The number of rotatable bonds is 11. The Hall–Kier alpha value is -3.56. The second-order valence-corrected chi connectivity index (χ2v) is 7.64. The quantitative estimate of drug-likeness (QED) is 0.390. The molecule has 182 valence electrons. The molecule has 3 aromatic rings. The second-order valence-electron chi connectivity index (χ2n) is 7.64. The zero-order valence-corrected chi connectivity index (χ0v) is 18.9. The molecule has 0 bridgehead atoms. The Morgan fingerprint density at radius 3 is 2.56 bits per heavy atom. The van der Waals surface area contributed by atoms with Crippen LogP contribution >= 0.6 is 0 Å². The molecule has 7 nitrogen and oxygen atoms in total. The number of carbonyl (C=O) groups is 1. The number of halogens is 3. The van der Waals surface area contributed by atoms with Crippen LogP contribution in [0.15, 0.2) is 42.7 Å². The van der Waals surface area contributed by atoms with Crippen LogP contribution in [0.4, 0.5) is 13.2 Å². The van der Waals surface area contributed by atoms with Crippen molar-refractivity contribution in [3.8, 4) is 17.3 Å². The van der Waals surface area contributed by atoms with Gasteiger partial charge >= 0.3 is 12.1 Å². The van der Waals surface area contributed by atoms with Crippen molar-refractivity contribution in [2.75, 3.05) is 13.2 Å². The van der Waals surface area contributed by atoms with Gasteiger partial charge in [-0.1, -0.05) is 6.07 Å². The van der Waals surface area contributed by atoms with Gasteiger partial charge in [0.15, 0.2) is 5.82 Å². The van der Waals surface area contributed by atoms with Gasteiger partial charge in [-0.2, -0.15) is 18.3 Å². The number of nitrogens with zero attached hydrogens (tertiary/aromatic N) is 3. The summed E-state index contributed by atoms with van der Waals surface area (Å²) >= 11 is 0. The summed E-state index contributed by atoms with van der Waals surface area (Å²) < 4.78 is 51.1. The number of alkyl halides is 3. The van der Waals surface area contributed by atoms with Gasteiger partial charge in [-0.15, -0.1) is 0 Å². The van der Waals surface area contributed by atoms with Crippen LogP contribution < -0.4 is 9.47 Å². The molecule has 0 aliphatic carbocycles. The smallest absolute Gasteiger partial charge is 0.417 e. The first-order chi connectivity index (χ1) is 16.2. The lowest BCUT2D eigenvalue weighted by Gasteiger charge is -2.12. The maximum absolute atomic E-state index is 12.7. The average Bonchev–Trinajstić information content (AvgIpc) is 3.16. The molecule has 0 unspecified atom stereocenters. The van der Waals surface area contributed by atoms with Crippen LogP contribution in [0.3, 0.4) is 0 Å². The lowest BCUT2D eigenvalue weighted by molar-refractivity contribution is -0.138. The molecule has 34 heavy (non-hydrogen) atoms. The fourth-order valence-electron chi connectivity index (χ4n) is 3.36. The van der Waals surface area contributed by atoms with Crippen molar-refractivity contribution in [2.24, 2.45) is 0 Å². The highest BCUT2D eigenvalue weighted by molar-refractivity contribution is 5.67. The number of carboxylic acid groups (broad SMARTS) is 1. The van der Waals surface area contributed by atoms with Crippen molar-refractivity contribution in [3.63, 3.8) is 0 Å². The number of hydrogen-bond acceptors (Lipinski definition) is 5. The summed E-state index contributed by atoms with van der Waals surface area (Å²) in [5.41, 5.74) is 1.73. The van der Waals surface area contributed by atoms with E-state index < -0.39 is 17.7 Å². The number of aromatic nitrogens is 3. The fourth-order valence-corrected chi connectivity index (χ4v) is 3.36. The maximum atomic E-state index is 12.7. The van der Waals surface area contributed by atoms with E-state index >= 15 is 0 Å². The number of pyridine rings is 1. The minimum Gasteiger partial charge on any atom is -0.493 e. The van der Waals surface area contributed by atoms with Gasteiger partial charge in [0.25, 0.3) is 0 Å². The first-order valence-electron chi connectivity index (χ1n) is 10.9. The van der Waals surface area contributed by atoms with Crippen molar-refractivity contribution >= 4 is 5.97 Å². The molecule has 1 N–H and O–H groups in total. The Morgan fingerprint density at radius 1 is 1.12 bits per heavy atom. The van der Waals surface area contributed by atoms with Crippen LogP contribution in [0.1, 0.15) is 42.1 Å². The zero-order valence-electron chi connectivity index (χ0n) is 18.9. The first kappa shape index (κ1) is 25.1. The van der Waals surface area contributed by atoms with E-state index in [9.17, 15) is 18.0 Å². The number of hydrogen-bond donors (Lipinski definition) is 1. The van der Waals surface area contributed by atoms with Gasteiger partial charge in [0.1, 0.15) is 11.5 Å². The van der Waals surface area contributed by atoms with Crippen LogP contribution in [0.2, 0.25) is 0 Å². The molecule has 2 aromatic heterocycles. The third kappa shape index (κ3) is 6.72. The van der Waals surface area contributed by atoms with E-state index in [1.165, 1.54) is 10.7 Å². The highest BCUT2D eigenvalue weighted by Crippen LogP contribution is 2.29. The third-order valence-corrected chi connectivity index (χ3v) is 5.12.